The molecule has 0 aliphatic carbocycles. The van der Waals surface area contributed by atoms with Crippen molar-refractivity contribution in [1.82, 2.24) is 20.2 Å². The Kier molecular flexibility index (Phi) is 11.9. The summed E-state index contributed by atoms with van der Waals surface area (Å²) >= 11 is 7.04. The molecule has 0 radical (unpaired) electrons. The van der Waals surface area contributed by atoms with Crippen LogP contribution in [0.2, 0.25) is 0 Å². The van der Waals surface area contributed by atoms with E-state index in [9.17, 15) is 14.3 Å². The smallest absolute Gasteiger partial charge is 0.407 e. The van der Waals surface area contributed by atoms with Gasteiger partial charge in [-0.3, -0.25) is 5.01 Å². The zero-order chi connectivity index (χ0) is 24.2. The summed E-state index contributed by atoms with van der Waals surface area (Å²) in [6, 6.07) is 6.36. The van der Waals surface area contributed by atoms with Crippen molar-refractivity contribution in [1.29, 1.82) is 0 Å². The number of amides is 1. The first-order valence-corrected chi connectivity index (χ1v) is 13.2. The fourth-order valence-corrected chi connectivity index (χ4v) is 6.41. The molecule has 0 saturated carbocycles. The second kappa shape index (κ2) is 13.9. The van der Waals surface area contributed by atoms with Crippen LogP contribution in [-0.2, 0) is 0 Å². The largest absolute Gasteiger partial charge is 0.465 e. The van der Waals surface area contributed by atoms with Gasteiger partial charge < -0.3 is 14.9 Å². The lowest BCUT2D eigenvalue weighted by molar-refractivity contribution is 0.0638. The summed E-state index contributed by atoms with van der Waals surface area (Å²) in [5.41, 5.74) is 3.92. The number of thioether (sulfide) groups is 1. The molecule has 0 spiro atoms. The van der Waals surface area contributed by atoms with Crippen LogP contribution in [0, 0.1) is 5.82 Å². The van der Waals surface area contributed by atoms with Crippen LogP contribution in [0.1, 0.15) is 44.6 Å². The van der Waals surface area contributed by atoms with Crippen LogP contribution in [-0.4, -0.2) is 81.0 Å². The first-order valence-electron chi connectivity index (χ1n) is 11.9. The lowest BCUT2D eigenvalue weighted by atomic mass is 9.81. The van der Waals surface area contributed by atoms with Crippen molar-refractivity contribution in [3.05, 3.63) is 46.6 Å². The van der Waals surface area contributed by atoms with Crippen molar-refractivity contribution in [3.63, 3.8) is 0 Å². The van der Waals surface area contributed by atoms with E-state index >= 15 is 0 Å². The monoisotopic (exact) mass is 577 g/mol. The lowest BCUT2D eigenvalue weighted by Crippen LogP contribution is -2.55. The van der Waals surface area contributed by atoms with Gasteiger partial charge in [-0.2, -0.15) is 0 Å². The Morgan fingerprint density at radius 2 is 2.03 bits per heavy atom. The van der Waals surface area contributed by atoms with Gasteiger partial charge in [-0.15, -0.1) is 24.8 Å². The summed E-state index contributed by atoms with van der Waals surface area (Å²) in [6.07, 6.45) is 3.74. The maximum absolute atomic E-state index is 14.8. The van der Waals surface area contributed by atoms with Crippen molar-refractivity contribution in [2.75, 3.05) is 32.7 Å². The number of benzene rings is 1. The molecule has 200 valence electrons. The average Bonchev–Trinajstić information content (AvgIpc) is 3.21. The molecule has 3 aliphatic heterocycles. The van der Waals surface area contributed by atoms with Gasteiger partial charge in [0.15, 0.2) is 5.17 Å². The number of likely N-dealkylation sites (N-methyl/N-ethyl adjacent to an activating group) is 1. The first-order chi connectivity index (χ1) is 16.4. The molecule has 0 bridgehead atoms. The number of hydrazine groups is 1. The third-order valence-corrected chi connectivity index (χ3v) is 8.35. The highest BCUT2D eigenvalue weighted by Crippen LogP contribution is 2.38. The van der Waals surface area contributed by atoms with Gasteiger partial charge in [0.05, 0.1) is 10.9 Å². The number of carbonyl (C=O) groups is 1. The summed E-state index contributed by atoms with van der Waals surface area (Å²) in [6.45, 7) is 7.81. The number of nitrogens with zero attached hydrogens (tertiary/aromatic N) is 4. The third-order valence-electron chi connectivity index (χ3n) is 6.87. The summed E-state index contributed by atoms with van der Waals surface area (Å²) in [7, 11) is 0. The van der Waals surface area contributed by atoms with Crippen LogP contribution in [0.3, 0.4) is 0 Å². The number of hydrogen-bond acceptors (Lipinski definition) is 6. The number of rotatable bonds is 5. The zero-order valence-electron chi connectivity index (χ0n) is 20.4. The molecule has 2 saturated heterocycles. The van der Waals surface area contributed by atoms with Gasteiger partial charge in [0.2, 0.25) is 0 Å². The van der Waals surface area contributed by atoms with E-state index in [0.717, 1.165) is 49.1 Å². The summed E-state index contributed by atoms with van der Waals surface area (Å²) in [5, 5.41) is 12.9. The van der Waals surface area contributed by atoms with Gasteiger partial charge in [0.25, 0.3) is 0 Å². The van der Waals surface area contributed by atoms with Gasteiger partial charge in [-0.1, -0.05) is 44.3 Å². The minimum Gasteiger partial charge on any atom is -0.465 e. The Morgan fingerprint density at radius 3 is 2.64 bits per heavy atom. The van der Waals surface area contributed by atoms with Crippen LogP contribution in [0.25, 0.3) is 0 Å². The van der Waals surface area contributed by atoms with E-state index in [2.05, 4.69) is 29.2 Å². The quantitative estimate of drug-likeness (QED) is 0.371. The Hall–Kier alpha value is -1.43. The molecule has 3 heterocycles. The SMILES string of the molecule is CCN(CC)C1CC(/C=C2\SC(N3CCCCN3)=NC2=S)N(C(=O)O)CC1c1ccccc1F.Cl.Cl. The minimum atomic E-state index is -1.01. The standard InChI is InChI=1S/C24H32FN5O2S2.2ClH/c1-3-28(4-2)20-13-16(14-21-22(33)27-23(34-21)30-12-8-7-11-26-30)29(24(31)32)15-18(20)17-9-5-6-10-19(17)25;;/h5-6,9-10,14,16,18,20,26H,3-4,7-8,11-13,15H2,1-2H3,(H,31,32);2*1H/b21-14-;;. The number of halogens is 3. The minimum absolute atomic E-state index is 0. The van der Waals surface area contributed by atoms with Crippen LogP contribution >= 0.6 is 48.8 Å². The Balaban J connectivity index is 0.00000228. The van der Waals surface area contributed by atoms with E-state index in [1.54, 1.807) is 12.1 Å². The molecule has 36 heavy (non-hydrogen) atoms. The molecule has 12 heteroatoms. The Labute approximate surface area is 234 Å². The van der Waals surface area contributed by atoms with Crippen LogP contribution in [0.5, 0.6) is 0 Å². The molecule has 2 fully saturated rings. The van der Waals surface area contributed by atoms with E-state index < -0.39 is 6.09 Å². The summed E-state index contributed by atoms with van der Waals surface area (Å²) < 4.78 is 14.8. The molecule has 1 amide bonds. The van der Waals surface area contributed by atoms with Crippen molar-refractivity contribution >= 4 is 65.0 Å². The molecule has 3 unspecified atom stereocenters. The fraction of sp³-hybridized carbons (Fsp3) is 0.542. The molecule has 4 rings (SSSR count). The molecular weight excluding hydrogens is 544 g/mol. The van der Waals surface area contributed by atoms with Crippen molar-refractivity contribution in [3.8, 4) is 0 Å². The highest BCUT2D eigenvalue weighted by molar-refractivity contribution is 8.19. The number of aliphatic imine (C=N–C) groups is 1. The van der Waals surface area contributed by atoms with Crippen molar-refractivity contribution in [2.45, 2.75) is 51.1 Å². The zero-order valence-corrected chi connectivity index (χ0v) is 23.7. The molecule has 0 aromatic heterocycles. The van der Waals surface area contributed by atoms with Crippen LogP contribution < -0.4 is 5.43 Å². The average molecular weight is 579 g/mol. The van der Waals surface area contributed by atoms with Crippen LogP contribution in [0.15, 0.2) is 40.2 Å². The Morgan fingerprint density at radius 1 is 1.31 bits per heavy atom. The number of amidine groups is 1. The van der Waals surface area contributed by atoms with E-state index in [1.807, 2.05) is 17.2 Å². The summed E-state index contributed by atoms with van der Waals surface area (Å²) in [4.78, 5) is 21.9. The fourth-order valence-electron chi connectivity index (χ4n) is 5.12. The number of nitrogens with one attached hydrogen (secondary N) is 1. The maximum Gasteiger partial charge on any atom is 0.407 e. The number of thiocarbonyl (C=S) groups is 1. The number of likely N-dealkylation sites (tertiary alicyclic amines) is 1. The summed E-state index contributed by atoms with van der Waals surface area (Å²) in [5.74, 6) is -0.536. The van der Waals surface area contributed by atoms with Gasteiger partial charge in [0, 0.05) is 31.6 Å². The molecule has 2 N–H and O–H groups in total. The number of hydrogen-bond donors (Lipinski definition) is 2. The molecule has 1 aromatic carbocycles. The number of carboxylic acid groups (broad SMARTS) is 1. The van der Waals surface area contributed by atoms with E-state index in [4.69, 9.17) is 12.2 Å². The second-order valence-corrected chi connectivity index (χ2v) is 10.1. The predicted octanol–water partition coefficient (Wildman–Crippen LogP) is 5.13. The van der Waals surface area contributed by atoms with Gasteiger partial charge >= 0.3 is 6.09 Å². The first kappa shape index (κ1) is 30.8. The highest BCUT2D eigenvalue weighted by Gasteiger charge is 2.41. The molecule has 1 aromatic rings. The highest BCUT2D eigenvalue weighted by atomic mass is 35.5. The van der Waals surface area contributed by atoms with Gasteiger partial charge in [-0.25, -0.2) is 19.6 Å². The van der Waals surface area contributed by atoms with Crippen LogP contribution in [0.4, 0.5) is 9.18 Å². The molecule has 3 aliphatic rings. The van der Waals surface area contributed by atoms with E-state index in [1.165, 1.54) is 22.7 Å². The molecule has 3 atom stereocenters. The lowest BCUT2D eigenvalue weighted by Gasteiger charge is -2.46. The predicted molar refractivity (Wildman–Crippen MR) is 153 cm³/mol. The second-order valence-electron chi connectivity index (χ2n) is 8.75. The number of piperidine rings is 1. The van der Waals surface area contributed by atoms with E-state index in [-0.39, 0.29) is 55.2 Å². The topological polar surface area (TPSA) is 71.4 Å². The van der Waals surface area contributed by atoms with E-state index in [0.29, 0.717) is 17.0 Å². The Bertz CT molecular complexity index is 989. The molecule has 7 nitrogen and oxygen atoms in total. The molecular formula is C24H34Cl2FN5O2S2. The van der Waals surface area contributed by atoms with Crippen molar-refractivity contribution < 1.29 is 14.3 Å². The maximum atomic E-state index is 14.8. The van der Waals surface area contributed by atoms with Crippen molar-refractivity contribution in [2.24, 2.45) is 4.99 Å². The van der Waals surface area contributed by atoms with Gasteiger partial charge in [0.1, 0.15) is 10.8 Å². The third kappa shape index (κ3) is 6.71. The normalized spacial score (nSPS) is 25.4. The van der Waals surface area contributed by atoms with Gasteiger partial charge in [-0.05, 0) is 61.8 Å².